The molecule has 0 aliphatic carbocycles. The standard InChI is InChI=1S/C16H23F2N3O2/c1-23-7-6-20-10-16(22)21-15-9-19-5-4-12(15)11-2-3-13(17)14(18)8-11/h2-3,8,12,15,19-20H,4-7,9-10H2,1H3,(H,21,22). The fraction of sp³-hybridized carbons (Fsp3) is 0.562. The molecule has 2 rings (SSSR count). The molecule has 0 bridgehead atoms. The van der Waals surface area contributed by atoms with Crippen molar-refractivity contribution in [3.05, 3.63) is 35.4 Å². The van der Waals surface area contributed by atoms with Crippen LogP contribution in [0.1, 0.15) is 17.9 Å². The minimum absolute atomic E-state index is 0.0331. The molecule has 1 aliphatic rings. The van der Waals surface area contributed by atoms with Gasteiger partial charge in [-0.15, -0.1) is 0 Å². The SMILES string of the molecule is COCCNCC(=O)NC1CNCCC1c1ccc(F)c(F)c1. The van der Waals surface area contributed by atoms with Gasteiger partial charge in [-0.05, 0) is 30.7 Å². The largest absolute Gasteiger partial charge is 0.383 e. The van der Waals surface area contributed by atoms with Gasteiger partial charge in [-0.2, -0.15) is 0 Å². The van der Waals surface area contributed by atoms with Crippen LogP contribution in [0.2, 0.25) is 0 Å². The van der Waals surface area contributed by atoms with E-state index in [1.54, 1.807) is 13.2 Å². The van der Waals surface area contributed by atoms with Crippen molar-refractivity contribution < 1.29 is 18.3 Å². The van der Waals surface area contributed by atoms with Gasteiger partial charge in [-0.3, -0.25) is 4.79 Å². The molecule has 1 aromatic carbocycles. The lowest BCUT2D eigenvalue weighted by Crippen LogP contribution is -2.51. The molecule has 1 fully saturated rings. The molecule has 128 valence electrons. The Bertz CT molecular complexity index is 528. The van der Waals surface area contributed by atoms with E-state index in [-0.39, 0.29) is 24.4 Å². The van der Waals surface area contributed by atoms with Crippen LogP contribution in [0.25, 0.3) is 0 Å². The summed E-state index contributed by atoms with van der Waals surface area (Å²) in [6.45, 7) is 2.72. The van der Waals surface area contributed by atoms with Crippen molar-refractivity contribution in [1.29, 1.82) is 0 Å². The van der Waals surface area contributed by atoms with Crippen LogP contribution >= 0.6 is 0 Å². The molecule has 0 saturated carbocycles. The van der Waals surface area contributed by atoms with Crippen LogP contribution < -0.4 is 16.0 Å². The molecule has 2 unspecified atom stereocenters. The lowest BCUT2D eigenvalue weighted by molar-refractivity contribution is -0.121. The third kappa shape index (κ3) is 5.23. The maximum atomic E-state index is 13.5. The molecule has 2 atom stereocenters. The lowest BCUT2D eigenvalue weighted by atomic mass is 9.86. The minimum atomic E-state index is -0.856. The maximum absolute atomic E-state index is 13.5. The van der Waals surface area contributed by atoms with Gasteiger partial charge in [0.1, 0.15) is 0 Å². The summed E-state index contributed by atoms with van der Waals surface area (Å²) >= 11 is 0. The van der Waals surface area contributed by atoms with Crippen molar-refractivity contribution in [1.82, 2.24) is 16.0 Å². The molecular weight excluding hydrogens is 304 g/mol. The van der Waals surface area contributed by atoms with Crippen molar-refractivity contribution in [3.8, 4) is 0 Å². The number of rotatable bonds is 7. The number of carbonyl (C=O) groups excluding carboxylic acids is 1. The zero-order valence-electron chi connectivity index (χ0n) is 13.2. The Labute approximate surface area is 134 Å². The Morgan fingerprint density at radius 3 is 2.96 bits per heavy atom. The fourth-order valence-corrected chi connectivity index (χ4v) is 2.79. The molecular formula is C16H23F2N3O2. The first-order valence-electron chi connectivity index (χ1n) is 7.76. The van der Waals surface area contributed by atoms with Crippen molar-refractivity contribution in [2.75, 3.05) is 39.9 Å². The van der Waals surface area contributed by atoms with E-state index in [9.17, 15) is 13.6 Å². The lowest BCUT2D eigenvalue weighted by Gasteiger charge is -2.33. The molecule has 23 heavy (non-hydrogen) atoms. The van der Waals surface area contributed by atoms with Crippen molar-refractivity contribution in [2.24, 2.45) is 0 Å². The molecule has 0 spiro atoms. The molecule has 1 heterocycles. The Balaban J connectivity index is 1.95. The first kappa shape index (κ1) is 17.8. The molecule has 5 nitrogen and oxygen atoms in total. The summed E-state index contributed by atoms with van der Waals surface area (Å²) in [5.41, 5.74) is 0.711. The van der Waals surface area contributed by atoms with Gasteiger partial charge < -0.3 is 20.7 Å². The number of halogens is 2. The van der Waals surface area contributed by atoms with Gasteiger partial charge in [0.2, 0.25) is 5.91 Å². The average molecular weight is 327 g/mol. The molecule has 7 heteroatoms. The summed E-state index contributed by atoms with van der Waals surface area (Å²) in [5, 5.41) is 9.16. The normalized spacial score (nSPS) is 21.2. The summed E-state index contributed by atoms with van der Waals surface area (Å²) < 4.78 is 31.5. The Morgan fingerprint density at radius 1 is 1.39 bits per heavy atom. The number of methoxy groups -OCH3 is 1. The van der Waals surface area contributed by atoms with Gasteiger partial charge in [-0.1, -0.05) is 6.07 Å². The van der Waals surface area contributed by atoms with Crippen LogP contribution in [0.4, 0.5) is 8.78 Å². The number of nitrogens with one attached hydrogen (secondary N) is 3. The highest BCUT2D eigenvalue weighted by Gasteiger charge is 2.28. The number of hydrogen-bond acceptors (Lipinski definition) is 4. The fourth-order valence-electron chi connectivity index (χ4n) is 2.79. The van der Waals surface area contributed by atoms with Crippen molar-refractivity contribution in [3.63, 3.8) is 0 Å². The summed E-state index contributed by atoms with van der Waals surface area (Å²) in [5.74, 6) is -1.87. The maximum Gasteiger partial charge on any atom is 0.234 e. The van der Waals surface area contributed by atoms with E-state index < -0.39 is 11.6 Å². The minimum Gasteiger partial charge on any atom is -0.383 e. The van der Waals surface area contributed by atoms with Gasteiger partial charge in [0.25, 0.3) is 0 Å². The first-order chi connectivity index (χ1) is 11.1. The van der Waals surface area contributed by atoms with Gasteiger partial charge in [-0.25, -0.2) is 8.78 Å². The van der Waals surface area contributed by atoms with Gasteiger partial charge in [0, 0.05) is 32.2 Å². The second kappa shape index (κ2) is 8.90. The highest BCUT2D eigenvalue weighted by atomic mass is 19.2. The van der Waals surface area contributed by atoms with E-state index in [1.807, 2.05) is 0 Å². The third-order valence-corrected chi connectivity index (χ3v) is 3.97. The second-order valence-electron chi connectivity index (χ2n) is 5.62. The van der Waals surface area contributed by atoms with Crippen LogP contribution in [0.3, 0.4) is 0 Å². The summed E-state index contributed by atoms with van der Waals surface area (Å²) in [4.78, 5) is 12.0. The molecule has 3 N–H and O–H groups in total. The predicted molar refractivity (Wildman–Crippen MR) is 83.3 cm³/mol. The molecule has 1 aromatic rings. The Morgan fingerprint density at radius 2 is 2.22 bits per heavy atom. The topological polar surface area (TPSA) is 62.4 Å². The molecule has 1 aliphatic heterocycles. The van der Waals surface area contributed by atoms with Crippen molar-refractivity contribution >= 4 is 5.91 Å². The zero-order chi connectivity index (χ0) is 16.7. The average Bonchev–Trinajstić information content (AvgIpc) is 2.55. The highest BCUT2D eigenvalue weighted by Crippen LogP contribution is 2.26. The summed E-state index contributed by atoms with van der Waals surface area (Å²) in [6.07, 6.45) is 0.757. The van der Waals surface area contributed by atoms with E-state index in [0.29, 0.717) is 25.3 Å². The quantitative estimate of drug-likeness (QED) is 0.647. The summed E-state index contributed by atoms with van der Waals surface area (Å²) in [7, 11) is 1.60. The van der Waals surface area contributed by atoms with Crippen LogP contribution in [-0.2, 0) is 9.53 Å². The third-order valence-electron chi connectivity index (χ3n) is 3.97. The van der Waals surface area contributed by atoms with E-state index >= 15 is 0 Å². The van der Waals surface area contributed by atoms with Crippen LogP contribution in [-0.4, -0.2) is 51.8 Å². The highest BCUT2D eigenvalue weighted by molar-refractivity contribution is 5.78. The van der Waals surface area contributed by atoms with E-state index in [2.05, 4.69) is 16.0 Å². The molecule has 0 radical (unpaired) electrons. The number of benzene rings is 1. The van der Waals surface area contributed by atoms with E-state index in [0.717, 1.165) is 19.0 Å². The van der Waals surface area contributed by atoms with Gasteiger partial charge >= 0.3 is 0 Å². The number of ether oxygens (including phenoxy) is 1. The molecule has 1 amide bonds. The second-order valence-corrected chi connectivity index (χ2v) is 5.62. The van der Waals surface area contributed by atoms with E-state index in [1.165, 1.54) is 6.07 Å². The van der Waals surface area contributed by atoms with Gasteiger partial charge in [0.05, 0.1) is 13.2 Å². The number of amides is 1. The van der Waals surface area contributed by atoms with Gasteiger partial charge in [0.15, 0.2) is 11.6 Å². The first-order valence-corrected chi connectivity index (χ1v) is 7.76. The van der Waals surface area contributed by atoms with Crippen LogP contribution in [0.5, 0.6) is 0 Å². The smallest absolute Gasteiger partial charge is 0.234 e. The zero-order valence-corrected chi connectivity index (χ0v) is 13.2. The number of hydrogen-bond donors (Lipinski definition) is 3. The van der Waals surface area contributed by atoms with E-state index in [4.69, 9.17) is 4.74 Å². The summed E-state index contributed by atoms with van der Waals surface area (Å²) in [6, 6.07) is 3.80. The van der Waals surface area contributed by atoms with Crippen LogP contribution in [0, 0.1) is 11.6 Å². The monoisotopic (exact) mass is 327 g/mol. The van der Waals surface area contributed by atoms with Crippen molar-refractivity contribution in [2.45, 2.75) is 18.4 Å². The Hall–Kier alpha value is -1.57. The molecule has 0 aromatic heterocycles. The Kier molecular flexibility index (Phi) is 6.88. The van der Waals surface area contributed by atoms with Crippen LogP contribution in [0.15, 0.2) is 18.2 Å². The molecule has 1 saturated heterocycles. The predicted octanol–water partition coefficient (Wildman–Crippen LogP) is 0.763. The number of carbonyl (C=O) groups is 1. The number of piperidine rings is 1.